The molecule has 2 aromatic rings. The van der Waals surface area contributed by atoms with E-state index in [1.54, 1.807) is 3.96 Å². The van der Waals surface area contributed by atoms with E-state index in [0.717, 1.165) is 35.4 Å². The maximum absolute atomic E-state index is 11.6. The lowest BCUT2D eigenvalue weighted by Crippen LogP contribution is -2.10. The van der Waals surface area contributed by atoms with Gasteiger partial charge in [-0.05, 0) is 43.9 Å². The van der Waals surface area contributed by atoms with E-state index >= 15 is 0 Å². The minimum Gasteiger partial charge on any atom is -0.359 e. The van der Waals surface area contributed by atoms with Gasteiger partial charge in [-0.15, -0.1) is 0 Å². The standard InChI is InChI=1S/C9H10N2OS.C4H9NO.C2H6/c1-3-11-9(12)7-5-4-6(2)10-8(7)13-11;1-2-3-5-4-6;1-2/h4-5H,3H2,1-2H3;4H,2-3H2,1H3,(H,5,6);1-2H3. The Bertz CT molecular complexity index is 590. The number of fused-ring (bicyclic) bond motifs is 1. The van der Waals surface area contributed by atoms with Crippen molar-refractivity contribution in [3.63, 3.8) is 0 Å². The highest BCUT2D eigenvalue weighted by atomic mass is 32.1. The largest absolute Gasteiger partial charge is 0.359 e. The molecule has 2 heterocycles. The third-order valence-electron chi connectivity index (χ3n) is 2.42. The fourth-order valence-electron chi connectivity index (χ4n) is 1.46. The molecule has 0 unspecified atom stereocenters. The van der Waals surface area contributed by atoms with Crippen LogP contribution in [0.15, 0.2) is 16.9 Å². The van der Waals surface area contributed by atoms with Crippen molar-refractivity contribution >= 4 is 28.2 Å². The fraction of sp³-hybridized carbons (Fsp3) is 0.533. The molecule has 5 nitrogen and oxygen atoms in total. The summed E-state index contributed by atoms with van der Waals surface area (Å²) in [6, 6.07) is 3.72. The average Bonchev–Trinajstić information content (AvgIpc) is 2.83. The molecule has 0 aromatic carbocycles. The first-order chi connectivity index (χ1) is 10.1. The monoisotopic (exact) mass is 311 g/mol. The number of hydrogen-bond acceptors (Lipinski definition) is 4. The molecule has 0 saturated carbocycles. The number of aromatic nitrogens is 2. The van der Waals surface area contributed by atoms with E-state index in [4.69, 9.17) is 0 Å². The molecule has 1 amide bonds. The quantitative estimate of drug-likeness (QED) is 0.697. The van der Waals surface area contributed by atoms with E-state index in [9.17, 15) is 9.59 Å². The van der Waals surface area contributed by atoms with Gasteiger partial charge in [0, 0.05) is 18.8 Å². The Balaban J connectivity index is 0.000000427. The van der Waals surface area contributed by atoms with E-state index in [2.05, 4.69) is 10.3 Å². The molecule has 118 valence electrons. The molecule has 0 spiro atoms. The maximum atomic E-state index is 11.6. The Morgan fingerprint density at radius 2 is 2.00 bits per heavy atom. The van der Waals surface area contributed by atoms with Crippen molar-refractivity contribution in [1.82, 2.24) is 14.3 Å². The molecule has 2 aromatic heterocycles. The van der Waals surface area contributed by atoms with Crippen molar-refractivity contribution < 1.29 is 4.79 Å². The summed E-state index contributed by atoms with van der Waals surface area (Å²) >= 11 is 1.43. The van der Waals surface area contributed by atoms with Gasteiger partial charge in [0.25, 0.3) is 5.56 Å². The molecule has 0 bridgehead atoms. The van der Waals surface area contributed by atoms with Gasteiger partial charge in [0.2, 0.25) is 6.41 Å². The van der Waals surface area contributed by atoms with Crippen molar-refractivity contribution in [1.29, 1.82) is 0 Å². The molecule has 0 aliphatic carbocycles. The number of nitrogens with one attached hydrogen (secondary N) is 1. The molecule has 0 aliphatic heterocycles. The lowest BCUT2D eigenvalue weighted by Gasteiger charge is -1.87. The van der Waals surface area contributed by atoms with E-state index in [-0.39, 0.29) is 5.56 Å². The normalized spacial score (nSPS) is 9.19. The number of rotatable bonds is 4. The van der Waals surface area contributed by atoms with Gasteiger partial charge in [-0.3, -0.25) is 13.5 Å². The van der Waals surface area contributed by atoms with Gasteiger partial charge in [-0.2, -0.15) is 0 Å². The smallest absolute Gasteiger partial charge is 0.270 e. The molecule has 0 saturated heterocycles. The fourth-order valence-corrected chi connectivity index (χ4v) is 2.41. The number of amides is 1. The van der Waals surface area contributed by atoms with E-state index in [1.807, 2.05) is 46.8 Å². The zero-order valence-electron chi connectivity index (χ0n) is 13.5. The molecule has 21 heavy (non-hydrogen) atoms. The maximum Gasteiger partial charge on any atom is 0.270 e. The highest BCUT2D eigenvalue weighted by Crippen LogP contribution is 2.14. The molecule has 1 N–H and O–H groups in total. The van der Waals surface area contributed by atoms with Crippen LogP contribution in [-0.2, 0) is 11.3 Å². The van der Waals surface area contributed by atoms with Crippen LogP contribution in [0.3, 0.4) is 0 Å². The minimum absolute atomic E-state index is 0.0787. The van der Waals surface area contributed by atoms with Crippen LogP contribution in [0.2, 0.25) is 0 Å². The first kappa shape index (κ1) is 19.3. The Morgan fingerprint density at radius 3 is 2.48 bits per heavy atom. The summed E-state index contributed by atoms with van der Waals surface area (Å²) in [5.74, 6) is 0. The highest BCUT2D eigenvalue weighted by Gasteiger charge is 2.06. The first-order valence-electron chi connectivity index (χ1n) is 7.28. The van der Waals surface area contributed by atoms with Gasteiger partial charge in [0.1, 0.15) is 4.83 Å². The Hall–Kier alpha value is -1.69. The second kappa shape index (κ2) is 11.0. The topological polar surface area (TPSA) is 64.0 Å². The summed E-state index contributed by atoms with van der Waals surface area (Å²) in [5, 5.41) is 3.25. The Labute approximate surface area is 130 Å². The van der Waals surface area contributed by atoms with Gasteiger partial charge in [-0.1, -0.05) is 20.8 Å². The van der Waals surface area contributed by atoms with Gasteiger partial charge < -0.3 is 5.32 Å². The van der Waals surface area contributed by atoms with Crippen LogP contribution in [0.4, 0.5) is 0 Å². The van der Waals surface area contributed by atoms with E-state index in [0.29, 0.717) is 6.41 Å². The number of carbonyl (C=O) groups is 1. The minimum atomic E-state index is 0.0787. The van der Waals surface area contributed by atoms with Crippen LogP contribution in [0.1, 0.15) is 39.8 Å². The van der Waals surface area contributed by atoms with Crippen LogP contribution >= 0.6 is 11.5 Å². The summed E-state index contributed by atoms with van der Waals surface area (Å²) in [4.78, 5) is 26.2. The summed E-state index contributed by atoms with van der Waals surface area (Å²) in [5.41, 5.74) is 1.03. The highest BCUT2D eigenvalue weighted by molar-refractivity contribution is 7.13. The lowest BCUT2D eigenvalue weighted by atomic mass is 10.3. The van der Waals surface area contributed by atoms with Crippen molar-refractivity contribution in [2.24, 2.45) is 0 Å². The van der Waals surface area contributed by atoms with Crippen molar-refractivity contribution in [2.75, 3.05) is 6.54 Å². The van der Waals surface area contributed by atoms with Crippen molar-refractivity contribution in [3.8, 4) is 0 Å². The molecule has 2 rings (SSSR count). The Kier molecular flexibility index (Phi) is 10.1. The molecule has 0 atom stereocenters. The third-order valence-corrected chi connectivity index (χ3v) is 3.55. The number of carbonyl (C=O) groups excluding carboxylic acids is 1. The second-order valence-electron chi connectivity index (χ2n) is 3.97. The van der Waals surface area contributed by atoms with Crippen LogP contribution in [0, 0.1) is 6.92 Å². The summed E-state index contributed by atoms with van der Waals surface area (Å²) in [6.45, 7) is 11.4. The predicted molar refractivity (Wildman–Crippen MR) is 90.0 cm³/mol. The van der Waals surface area contributed by atoms with Gasteiger partial charge in [0.15, 0.2) is 0 Å². The molecular weight excluding hydrogens is 286 g/mol. The summed E-state index contributed by atoms with van der Waals surface area (Å²) < 4.78 is 1.72. The van der Waals surface area contributed by atoms with E-state index < -0.39 is 0 Å². The lowest BCUT2D eigenvalue weighted by molar-refractivity contribution is -0.109. The van der Waals surface area contributed by atoms with Crippen molar-refractivity contribution in [3.05, 3.63) is 28.2 Å². The summed E-state index contributed by atoms with van der Waals surface area (Å²) in [6.07, 6.45) is 1.72. The first-order valence-corrected chi connectivity index (χ1v) is 8.05. The molecule has 0 radical (unpaired) electrons. The second-order valence-corrected chi connectivity index (χ2v) is 4.98. The SMILES string of the molecule is CC.CCCNC=O.CCn1sc2nc(C)ccc2c1=O. The van der Waals surface area contributed by atoms with Gasteiger partial charge in [-0.25, -0.2) is 4.98 Å². The van der Waals surface area contributed by atoms with E-state index in [1.165, 1.54) is 11.5 Å². The average molecular weight is 311 g/mol. The molecule has 6 heteroatoms. The zero-order valence-corrected chi connectivity index (χ0v) is 14.3. The van der Waals surface area contributed by atoms with Gasteiger partial charge in [0.05, 0.1) is 5.39 Å². The van der Waals surface area contributed by atoms with Crippen molar-refractivity contribution in [2.45, 2.75) is 47.6 Å². The van der Waals surface area contributed by atoms with Crippen LogP contribution in [0.5, 0.6) is 0 Å². The summed E-state index contributed by atoms with van der Waals surface area (Å²) in [7, 11) is 0. The van der Waals surface area contributed by atoms with Crippen LogP contribution in [-0.4, -0.2) is 21.9 Å². The van der Waals surface area contributed by atoms with Crippen LogP contribution < -0.4 is 10.9 Å². The predicted octanol–water partition coefficient (Wildman–Crippen LogP) is 2.95. The molecular formula is C15H25N3O2S. The zero-order chi connectivity index (χ0) is 16.3. The number of aryl methyl sites for hydroxylation is 2. The third kappa shape index (κ3) is 6.08. The van der Waals surface area contributed by atoms with Gasteiger partial charge >= 0.3 is 0 Å². The Morgan fingerprint density at radius 1 is 1.33 bits per heavy atom. The molecule has 0 fully saturated rings. The number of hydrogen-bond donors (Lipinski definition) is 1. The molecule has 0 aliphatic rings. The number of nitrogens with zero attached hydrogens (tertiary/aromatic N) is 2. The number of pyridine rings is 1. The van der Waals surface area contributed by atoms with Crippen LogP contribution in [0.25, 0.3) is 10.2 Å².